The first kappa shape index (κ1) is 15.6. The first-order chi connectivity index (χ1) is 7.26. The Hall–Kier alpha value is -0.396. The van der Waals surface area contributed by atoms with Crippen LogP contribution in [0.25, 0.3) is 0 Å². The van der Waals surface area contributed by atoms with Crippen molar-refractivity contribution in [3.05, 3.63) is 11.8 Å². The van der Waals surface area contributed by atoms with Crippen LogP contribution in [-0.4, -0.2) is 35.9 Å². The summed E-state index contributed by atoms with van der Waals surface area (Å²) in [6, 6.07) is 0. The van der Waals surface area contributed by atoms with Crippen molar-refractivity contribution < 1.29 is 14.0 Å². The van der Waals surface area contributed by atoms with E-state index in [4.69, 9.17) is 9.16 Å². The second kappa shape index (κ2) is 6.37. The summed E-state index contributed by atoms with van der Waals surface area (Å²) >= 11 is 0. The molecule has 16 heavy (non-hydrogen) atoms. The van der Waals surface area contributed by atoms with Gasteiger partial charge in [-0.1, -0.05) is 26.6 Å². The highest BCUT2D eigenvalue weighted by atomic mass is 28.4. The van der Waals surface area contributed by atoms with E-state index < -0.39 is 17.1 Å². The molecule has 3 nitrogen and oxygen atoms in total. The van der Waals surface area contributed by atoms with Gasteiger partial charge in [0.25, 0.3) is 0 Å². The molecule has 0 aromatic heterocycles. The summed E-state index contributed by atoms with van der Waals surface area (Å²) in [5, 5.41) is 0.511. The predicted octanol–water partition coefficient (Wildman–Crippen LogP) is 2.55. The van der Waals surface area contributed by atoms with Crippen LogP contribution < -0.4 is 0 Å². The normalized spacial score (nSPS) is 13.7. The largest absolute Gasteiger partial charge is 0.463 e. The Labute approximate surface area is 102 Å². The molecule has 1 atom stereocenters. The Morgan fingerprint density at radius 1 is 1.44 bits per heavy atom. The van der Waals surface area contributed by atoms with Gasteiger partial charge in [0.15, 0.2) is 0 Å². The van der Waals surface area contributed by atoms with Crippen molar-refractivity contribution in [2.24, 2.45) is 0 Å². The first-order valence-corrected chi connectivity index (χ1v) is 11.0. The monoisotopic (exact) mass is 259 g/mol. The summed E-state index contributed by atoms with van der Waals surface area (Å²) in [7, 11) is -1.11. The van der Waals surface area contributed by atoms with Crippen LogP contribution >= 0.6 is 0 Å². The molecule has 0 aliphatic heterocycles. The van der Waals surface area contributed by atoms with Gasteiger partial charge in [-0.15, -0.1) is 0 Å². The zero-order valence-corrected chi connectivity index (χ0v) is 13.2. The molecule has 93 valence electrons. The maximum absolute atomic E-state index is 11.9. The van der Waals surface area contributed by atoms with Crippen molar-refractivity contribution >= 4 is 23.1 Å². The van der Waals surface area contributed by atoms with Crippen LogP contribution in [0.15, 0.2) is 11.8 Å². The molecule has 0 N–H and O–H groups in total. The minimum atomic E-state index is -2.12. The van der Waals surface area contributed by atoms with E-state index >= 15 is 0 Å². The lowest BCUT2D eigenvalue weighted by Crippen LogP contribution is -2.39. The van der Waals surface area contributed by atoms with Crippen molar-refractivity contribution in [2.75, 3.05) is 7.11 Å². The van der Waals surface area contributed by atoms with Gasteiger partial charge in [0.05, 0.1) is 14.5 Å². The Bertz CT molecular complexity index is 262. The Morgan fingerprint density at radius 2 is 1.94 bits per heavy atom. The molecule has 0 aromatic rings. The average molecular weight is 259 g/mol. The first-order valence-electron chi connectivity index (χ1n) is 5.51. The standard InChI is InChI=1S/C11H23O3Si2/c1-8-10(15(4)5)14-11(12)9(2)16(6,7)13-3/h10H,2,8H2,1,3-7H3. The summed E-state index contributed by atoms with van der Waals surface area (Å²) in [4.78, 5) is 11.9. The summed E-state index contributed by atoms with van der Waals surface area (Å²) in [5.74, 6) is -0.281. The van der Waals surface area contributed by atoms with E-state index in [9.17, 15) is 4.79 Å². The van der Waals surface area contributed by atoms with E-state index in [0.717, 1.165) is 6.42 Å². The molecule has 0 aliphatic carbocycles. The van der Waals surface area contributed by atoms with Crippen LogP contribution in [0.1, 0.15) is 13.3 Å². The fourth-order valence-corrected chi connectivity index (χ4v) is 3.13. The molecule has 0 saturated heterocycles. The minimum Gasteiger partial charge on any atom is -0.463 e. The third kappa shape index (κ3) is 4.23. The number of hydrogen-bond acceptors (Lipinski definition) is 3. The Balaban J connectivity index is 4.53. The van der Waals surface area contributed by atoms with Gasteiger partial charge in [-0.3, -0.25) is 0 Å². The molecule has 1 unspecified atom stereocenters. The lowest BCUT2D eigenvalue weighted by Gasteiger charge is -2.25. The van der Waals surface area contributed by atoms with Gasteiger partial charge in [-0.25, -0.2) is 4.79 Å². The van der Waals surface area contributed by atoms with Crippen LogP contribution in [-0.2, 0) is 14.0 Å². The van der Waals surface area contributed by atoms with Crippen LogP contribution in [0, 0.1) is 0 Å². The van der Waals surface area contributed by atoms with Crippen molar-refractivity contribution in [3.63, 3.8) is 0 Å². The van der Waals surface area contributed by atoms with E-state index in [1.165, 1.54) is 0 Å². The summed E-state index contributed by atoms with van der Waals surface area (Å²) < 4.78 is 10.8. The number of carbonyl (C=O) groups is 1. The van der Waals surface area contributed by atoms with Gasteiger partial charge < -0.3 is 9.16 Å². The Morgan fingerprint density at radius 3 is 2.25 bits per heavy atom. The van der Waals surface area contributed by atoms with Crippen molar-refractivity contribution in [1.82, 2.24) is 0 Å². The van der Waals surface area contributed by atoms with Gasteiger partial charge in [0.1, 0.15) is 0 Å². The van der Waals surface area contributed by atoms with E-state index in [-0.39, 0.29) is 11.7 Å². The zero-order chi connectivity index (χ0) is 12.9. The van der Waals surface area contributed by atoms with E-state index in [2.05, 4.69) is 19.7 Å². The number of esters is 1. The fraction of sp³-hybridized carbons (Fsp3) is 0.727. The number of carbonyl (C=O) groups excluding carboxylic acids is 1. The van der Waals surface area contributed by atoms with Crippen LogP contribution in [0.2, 0.25) is 26.2 Å². The second-order valence-corrected chi connectivity index (χ2v) is 11.4. The van der Waals surface area contributed by atoms with Crippen molar-refractivity contribution in [1.29, 1.82) is 0 Å². The third-order valence-corrected chi connectivity index (χ3v) is 7.24. The number of rotatable bonds is 6. The highest BCUT2D eigenvalue weighted by molar-refractivity contribution is 6.82. The molecule has 0 aliphatic rings. The molecular formula is C11H23O3Si2. The van der Waals surface area contributed by atoms with E-state index in [1.807, 2.05) is 20.0 Å². The Kier molecular flexibility index (Phi) is 6.21. The lowest BCUT2D eigenvalue weighted by atomic mass is 10.5. The molecule has 0 heterocycles. The molecular weight excluding hydrogens is 236 g/mol. The predicted molar refractivity (Wildman–Crippen MR) is 71.3 cm³/mol. The molecule has 5 heteroatoms. The fourth-order valence-electron chi connectivity index (χ4n) is 1.18. The summed E-state index contributed by atoms with van der Waals surface area (Å²) in [6.45, 7) is 14.0. The van der Waals surface area contributed by atoms with E-state index in [0.29, 0.717) is 5.20 Å². The molecule has 0 saturated carbocycles. The molecule has 0 bridgehead atoms. The third-order valence-electron chi connectivity index (χ3n) is 2.75. The maximum Gasteiger partial charge on any atom is 0.331 e. The summed E-state index contributed by atoms with van der Waals surface area (Å²) in [5.41, 5.74) is 0.0657. The quantitative estimate of drug-likeness (QED) is 0.418. The smallest absolute Gasteiger partial charge is 0.331 e. The van der Waals surface area contributed by atoms with Gasteiger partial charge in [0, 0.05) is 12.3 Å². The maximum atomic E-state index is 11.9. The minimum absolute atomic E-state index is 0.0657. The van der Waals surface area contributed by atoms with Gasteiger partial charge >= 0.3 is 5.97 Å². The second-order valence-electron chi connectivity index (χ2n) is 4.57. The van der Waals surface area contributed by atoms with Crippen molar-refractivity contribution in [3.8, 4) is 0 Å². The van der Waals surface area contributed by atoms with Crippen molar-refractivity contribution in [2.45, 2.75) is 45.3 Å². The SMILES string of the molecule is C=C(C(=O)OC(CC)[Si](C)C)[Si](C)(C)OC. The molecule has 0 spiro atoms. The van der Waals surface area contributed by atoms with Crippen LogP contribution in [0.3, 0.4) is 0 Å². The number of ether oxygens (including phenoxy) is 1. The molecule has 0 amide bonds. The summed E-state index contributed by atoms with van der Waals surface area (Å²) in [6.07, 6.45) is 0.870. The topological polar surface area (TPSA) is 35.5 Å². The van der Waals surface area contributed by atoms with E-state index in [1.54, 1.807) is 7.11 Å². The van der Waals surface area contributed by atoms with Crippen LogP contribution in [0.5, 0.6) is 0 Å². The van der Waals surface area contributed by atoms with Crippen LogP contribution in [0.4, 0.5) is 0 Å². The number of hydrogen-bond donors (Lipinski definition) is 0. The molecule has 0 rings (SSSR count). The van der Waals surface area contributed by atoms with Gasteiger partial charge in [0.2, 0.25) is 8.32 Å². The molecule has 0 fully saturated rings. The zero-order valence-electron chi connectivity index (χ0n) is 11.2. The average Bonchev–Trinajstić information content (AvgIpc) is 2.23. The molecule has 0 aromatic carbocycles. The van der Waals surface area contributed by atoms with Gasteiger partial charge in [-0.05, 0) is 19.5 Å². The highest BCUT2D eigenvalue weighted by Gasteiger charge is 2.32. The molecule has 1 radical (unpaired) electrons. The van der Waals surface area contributed by atoms with Gasteiger partial charge in [-0.2, -0.15) is 0 Å². The lowest BCUT2D eigenvalue weighted by molar-refractivity contribution is -0.140. The highest BCUT2D eigenvalue weighted by Crippen LogP contribution is 2.17.